The number of amides is 3. The molecule has 2 aliphatic rings. The first-order valence-corrected chi connectivity index (χ1v) is 5.90. The maximum absolute atomic E-state index is 12.5. The van der Waals surface area contributed by atoms with Gasteiger partial charge in [-0.2, -0.15) is 0 Å². The van der Waals surface area contributed by atoms with Crippen LogP contribution in [0.4, 0.5) is 5.69 Å². The minimum Gasteiger partial charge on any atom is -0.398 e. The van der Waals surface area contributed by atoms with Crippen molar-refractivity contribution >= 4 is 23.4 Å². The number of fused-ring (bicyclic) bond motifs is 1. The Morgan fingerprint density at radius 3 is 2.84 bits per heavy atom. The highest BCUT2D eigenvalue weighted by molar-refractivity contribution is 6.06. The Labute approximate surface area is 112 Å². The van der Waals surface area contributed by atoms with Gasteiger partial charge in [-0.15, -0.1) is 0 Å². The molecule has 0 unspecified atom stereocenters. The number of hydrogen-bond acceptors (Lipinski definition) is 4. The lowest BCUT2D eigenvalue weighted by molar-refractivity contribution is -0.136. The number of hydrogen-bond donors (Lipinski definition) is 2. The Bertz CT molecular complexity index is 675. The first kappa shape index (κ1) is 9.55. The molecule has 1 atom stereocenters. The molecule has 2 aliphatic heterocycles. The number of imide groups is 1. The molecule has 19 heavy (non-hydrogen) atoms. The summed E-state index contributed by atoms with van der Waals surface area (Å²) in [6.45, 7) is -2.18. The van der Waals surface area contributed by atoms with Crippen LogP contribution in [0.2, 0.25) is 0 Å². The van der Waals surface area contributed by atoms with Gasteiger partial charge in [0.15, 0.2) is 0 Å². The number of benzene rings is 1. The van der Waals surface area contributed by atoms with E-state index in [1.165, 1.54) is 12.1 Å². The molecule has 1 aromatic rings. The summed E-state index contributed by atoms with van der Waals surface area (Å²) in [4.78, 5) is 36.5. The predicted molar refractivity (Wildman–Crippen MR) is 66.9 cm³/mol. The second-order valence-electron chi connectivity index (χ2n) is 4.52. The van der Waals surface area contributed by atoms with Crippen LogP contribution in [0.1, 0.15) is 31.5 Å². The number of nitrogens with two attached hydrogens (primary N) is 1. The van der Waals surface area contributed by atoms with Crippen LogP contribution in [-0.2, 0) is 16.1 Å². The Balaban J connectivity index is 2.06. The number of nitrogen functional groups attached to an aromatic ring is 1. The molecule has 98 valence electrons. The third kappa shape index (κ3) is 1.76. The van der Waals surface area contributed by atoms with Crippen molar-refractivity contribution < 1.29 is 17.1 Å². The highest BCUT2D eigenvalue weighted by atomic mass is 16.2. The van der Waals surface area contributed by atoms with E-state index in [1.807, 2.05) is 0 Å². The molecule has 3 N–H and O–H groups in total. The molecule has 0 aliphatic carbocycles. The fourth-order valence-corrected chi connectivity index (χ4v) is 2.32. The van der Waals surface area contributed by atoms with E-state index in [1.54, 1.807) is 6.07 Å². The lowest BCUT2D eigenvalue weighted by Gasteiger charge is -2.29. The highest BCUT2D eigenvalue weighted by Crippen LogP contribution is 2.30. The third-order valence-electron chi connectivity index (χ3n) is 3.30. The molecule has 6 heteroatoms. The fraction of sp³-hybridized carbons (Fsp3) is 0.308. The van der Waals surface area contributed by atoms with Gasteiger partial charge in [0.05, 0.1) is 2.74 Å². The molecule has 1 aromatic carbocycles. The van der Waals surface area contributed by atoms with Gasteiger partial charge in [0.1, 0.15) is 6.04 Å². The zero-order chi connectivity index (χ0) is 15.4. The summed E-state index contributed by atoms with van der Waals surface area (Å²) in [6, 6.07) is 3.54. The molecule has 0 saturated carbocycles. The number of carbonyl (C=O) groups is 3. The van der Waals surface area contributed by atoms with Gasteiger partial charge in [0.2, 0.25) is 11.8 Å². The van der Waals surface area contributed by atoms with Gasteiger partial charge in [-0.25, -0.2) is 0 Å². The Morgan fingerprint density at radius 2 is 2.16 bits per heavy atom. The van der Waals surface area contributed by atoms with Crippen LogP contribution >= 0.6 is 0 Å². The molecule has 1 fully saturated rings. The van der Waals surface area contributed by atoms with Crippen LogP contribution in [0.3, 0.4) is 0 Å². The molecule has 2 heterocycles. The van der Waals surface area contributed by atoms with Crippen molar-refractivity contribution in [3.63, 3.8) is 0 Å². The van der Waals surface area contributed by atoms with Gasteiger partial charge in [0.25, 0.3) is 5.91 Å². The summed E-state index contributed by atoms with van der Waals surface area (Å²) in [6.07, 6.45) is 0.173. The van der Waals surface area contributed by atoms with Crippen molar-refractivity contribution in [1.82, 2.24) is 10.2 Å². The van der Waals surface area contributed by atoms with Crippen LogP contribution < -0.4 is 11.1 Å². The molecule has 3 amide bonds. The standard InChI is InChI=1S/C13H13N3O3/c14-9-3-1-2-7-8(9)6-16(13(7)19)10-4-5-11(17)15-12(10)18/h1-3,10H,4-6,14H2,(H,15,17,18)/t10-/m1/s1/i6D2. The number of carbonyl (C=O) groups excluding carboxylic acids is 3. The SMILES string of the molecule is [2H]C1([2H])c2c(N)cccc2C(=O)N1[C@@H]1CCC(=O)NC1=O. The lowest BCUT2D eigenvalue weighted by atomic mass is 10.0. The minimum absolute atomic E-state index is 0.0715. The van der Waals surface area contributed by atoms with Gasteiger partial charge in [-0.1, -0.05) is 6.07 Å². The molecule has 6 nitrogen and oxygen atoms in total. The van der Waals surface area contributed by atoms with E-state index < -0.39 is 30.3 Å². The van der Waals surface area contributed by atoms with Gasteiger partial charge in [-0.05, 0) is 18.6 Å². The third-order valence-corrected chi connectivity index (χ3v) is 3.30. The van der Waals surface area contributed by atoms with Gasteiger partial charge in [0, 0.05) is 29.7 Å². The summed E-state index contributed by atoms with van der Waals surface area (Å²) in [7, 11) is 0. The highest BCUT2D eigenvalue weighted by Gasteiger charge is 2.39. The maximum Gasteiger partial charge on any atom is 0.255 e. The zero-order valence-corrected chi connectivity index (χ0v) is 9.97. The summed E-state index contributed by atoms with van der Waals surface area (Å²) in [5.74, 6) is -1.66. The molecule has 0 spiro atoms. The summed E-state index contributed by atoms with van der Waals surface area (Å²) < 4.78 is 16.4. The van der Waals surface area contributed by atoms with Crippen molar-refractivity contribution in [2.45, 2.75) is 25.4 Å². The number of nitrogens with zero attached hydrogens (tertiary/aromatic N) is 1. The Morgan fingerprint density at radius 1 is 1.37 bits per heavy atom. The number of anilines is 1. The average Bonchev–Trinajstić information content (AvgIpc) is 2.60. The lowest BCUT2D eigenvalue weighted by Crippen LogP contribution is -2.52. The predicted octanol–water partition coefficient (Wildman–Crippen LogP) is 0.0298. The number of rotatable bonds is 1. The smallest absolute Gasteiger partial charge is 0.255 e. The molecule has 0 bridgehead atoms. The normalized spacial score (nSPS) is 26.6. The van der Waals surface area contributed by atoms with Crippen LogP contribution in [-0.4, -0.2) is 28.7 Å². The fourth-order valence-electron chi connectivity index (χ4n) is 2.32. The van der Waals surface area contributed by atoms with E-state index in [0.717, 1.165) is 4.90 Å². The van der Waals surface area contributed by atoms with Crippen molar-refractivity contribution in [3.05, 3.63) is 29.3 Å². The van der Waals surface area contributed by atoms with E-state index >= 15 is 0 Å². The van der Waals surface area contributed by atoms with E-state index in [0.29, 0.717) is 0 Å². The average molecular weight is 261 g/mol. The van der Waals surface area contributed by atoms with Crippen molar-refractivity contribution in [2.24, 2.45) is 0 Å². The Kier molecular flexibility index (Phi) is 2.05. The zero-order valence-electron chi connectivity index (χ0n) is 12.0. The van der Waals surface area contributed by atoms with Crippen LogP contribution in [0.5, 0.6) is 0 Å². The molecular weight excluding hydrogens is 246 g/mol. The van der Waals surface area contributed by atoms with Gasteiger partial charge >= 0.3 is 0 Å². The maximum atomic E-state index is 12.5. The first-order valence-electron chi connectivity index (χ1n) is 6.90. The topological polar surface area (TPSA) is 92.5 Å². The van der Waals surface area contributed by atoms with Crippen LogP contribution in [0, 0.1) is 0 Å². The van der Waals surface area contributed by atoms with Crippen LogP contribution in [0.25, 0.3) is 0 Å². The Hall–Kier alpha value is -2.37. The molecule has 0 aromatic heterocycles. The van der Waals surface area contributed by atoms with E-state index in [-0.39, 0.29) is 29.7 Å². The molecule has 0 radical (unpaired) electrons. The second-order valence-corrected chi connectivity index (χ2v) is 4.52. The molecule has 1 saturated heterocycles. The first-order chi connectivity index (χ1) is 9.84. The summed E-state index contributed by atoms with van der Waals surface area (Å²) in [5, 5.41) is 2.14. The quantitative estimate of drug-likeness (QED) is 0.551. The number of piperidine rings is 1. The van der Waals surface area contributed by atoms with Crippen molar-refractivity contribution in [2.75, 3.05) is 5.73 Å². The monoisotopic (exact) mass is 261 g/mol. The van der Waals surface area contributed by atoms with Crippen LogP contribution in [0.15, 0.2) is 18.2 Å². The van der Waals surface area contributed by atoms with E-state index in [9.17, 15) is 14.4 Å². The molecule has 3 rings (SSSR count). The summed E-state index contributed by atoms with van der Waals surface area (Å²) >= 11 is 0. The van der Waals surface area contributed by atoms with Gasteiger partial charge in [-0.3, -0.25) is 19.7 Å². The minimum atomic E-state index is -2.18. The largest absolute Gasteiger partial charge is 0.398 e. The van der Waals surface area contributed by atoms with E-state index in [2.05, 4.69) is 5.32 Å². The van der Waals surface area contributed by atoms with Crippen molar-refractivity contribution in [3.8, 4) is 0 Å². The van der Waals surface area contributed by atoms with E-state index in [4.69, 9.17) is 8.48 Å². The summed E-state index contributed by atoms with van der Waals surface area (Å²) in [5.41, 5.74) is 6.19. The number of nitrogens with one attached hydrogen (secondary N) is 1. The van der Waals surface area contributed by atoms with Gasteiger partial charge < -0.3 is 10.6 Å². The molecular formula is C13H13N3O3. The van der Waals surface area contributed by atoms with Crippen molar-refractivity contribution in [1.29, 1.82) is 0 Å². The second kappa shape index (κ2) is 4.08.